The largest absolute Gasteiger partial charge is 0.472 e. The van der Waals surface area contributed by atoms with E-state index < -0.39 is 20.0 Å². The Kier molecular flexibility index (Phi) is 46.3. The number of unbranched alkanes of at least 4 members (excludes halogenated alkanes) is 36. The number of allylic oxidation sites excluding steroid dienone is 3. The summed E-state index contributed by atoms with van der Waals surface area (Å²) in [7, 11) is 1.57. The van der Waals surface area contributed by atoms with E-state index in [0.717, 1.165) is 38.5 Å². The molecule has 0 saturated heterocycles. The van der Waals surface area contributed by atoms with Crippen molar-refractivity contribution in [3.05, 3.63) is 24.3 Å². The van der Waals surface area contributed by atoms with Crippen molar-refractivity contribution in [2.45, 2.75) is 283 Å². The number of carbonyl (C=O) groups excluding carboxylic acids is 1. The zero-order valence-electron chi connectivity index (χ0n) is 43.3. The van der Waals surface area contributed by atoms with Crippen LogP contribution in [0.2, 0.25) is 0 Å². The summed E-state index contributed by atoms with van der Waals surface area (Å²) >= 11 is 0. The Morgan fingerprint density at radius 2 is 0.859 bits per heavy atom. The van der Waals surface area contributed by atoms with Crippen molar-refractivity contribution in [3.8, 4) is 0 Å². The van der Waals surface area contributed by atoms with Crippen LogP contribution in [0.15, 0.2) is 24.3 Å². The zero-order valence-corrected chi connectivity index (χ0v) is 44.2. The molecule has 380 valence electrons. The summed E-state index contributed by atoms with van der Waals surface area (Å²) < 4.78 is 23.6. The molecule has 64 heavy (non-hydrogen) atoms. The summed E-state index contributed by atoms with van der Waals surface area (Å²) in [6.07, 6.45) is 58.6. The van der Waals surface area contributed by atoms with Crippen LogP contribution < -0.4 is 5.32 Å². The molecule has 0 fully saturated rings. The summed E-state index contributed by atoms with van der Waals surface area (Å²) in [5.41, 5.74) is 0. The third-order valence-corrected chi connectivity index (χ3v) is 13.7. The molecule has 0 heterocycles. The lowest BCUT2D eigenvalue weighted by atomic mass is 10.0. The zero-order chi connectivity index (χ0) is 47.1. The highest BCUT2D eigenvalue weighted by Crippen LogP contribution is 2.43. The molecule has 0 aliphatic heterocycles. The molecule has 0 saturated carbocycles. The first kappa shape index (κ1) is 63.0. The fourth-order valence-electron chi connectivity index (χ4n) is 8.30. The highest BCUT2D eigenvalue weighted by molar-refractivity contribution is 7.47. The molecule has 8 nitrogen and oxygen atoms in total. The molecule has 0 aromatic rings. The van der Waals surface area contributed by atoms with Crippen molar-refractivity contribution < 1.29 is 32.9 Å². The maximum atomic E-state index is 12.9. The number of quaternary nitrogens is 1. The standard InChI is InChI=1S/C55H109N2O6P/c1-6-8-10-12-14-16-18-20-22-23-24-25-26-27-28-29-30-31-32-33-34-35-36-38-40-42-44-46-48-54(58)53(52-63-64(60,61)62-51-50-57(3,4)5)56-55(59)49-47-45-43-41-39-37-21-19-17-15-13-11-9-7-2/h38,40,46,48,53-54,58H,6-37,39,41-45,47,49-52H2,1-5H3,(H-,56,59,60,61)/p+1/b40-38+,48-46+. The van der Waals surface area contributed by atoms with Crippen LogP contribution in [0.1, 0.15) is 271 Å². The second kappa shape index (κ2) is 47.1. The number of nitrogens with zero attached hydrogens (tertiary/aromatic N) is 1. The third kappa shape index (κ3) is 48.9. The van der Waals surface area contributed by atoms with Crippen LogP contribution in [0.3, 0.4) is 0 Å². The van der Waals surface area contributed by atoms with E-state index in [-0.39, 0.29) is 19.1 Å². The monoisotopic (exact) mass is 926 g/mol. The first-order valence-corrected chi connectivity index (χ1v) is 29.2. The van der Waals surface area contributed by atoms with Crippen LogP contribution in [0.4, 0.5) is 0 Å². The molecule has 1 amide bonds. The second-order valence-electron chi connectivity index (χ2n) is 20.3. The van der Waals surface area contributed by atoms with E-state index in [9.17, 15) is 19.4 Å². The molecule has 0 rings (SSSR count). The summed E-state index contributed by atoms with van der Waals surface area (Å²) in [4.78, 5) is 23.2. The lowest BCUT2D eigenvalue weighted by Gasteiger charge is -2.25. The van der Waals surface area contributed by atoms with Gasteiger partial charge in [0.1, 0.15) is 13.2 Å². The van der Waals surface area contributed by atoms with Crippen LogP contribution >= 0.6 is 7.82 Å². The minimum atomic E-state index is -4.35. The van der Waals surface area contributed by atoms with Gasteiger partial charge in [-0.1, -0.05) is 256 Å². The molecule has 0 aromatic heterocycles. The van der Waals surface area contributed by atoms with Crippen molar-refractivity contribution >= 4 is 13.7 Å². The van der Waals surface area contributed by atoms with Crippen molar-refractivity contribution in [1.29, 1.82) is 0 Å². The second-order valence-corrected chi connectivity index (χ2v) is 21.8. The van der Waals surface area contributed by atoms with Gasteiger partial charge in [0.2, 0.25) is 5.91 Å². The Labute approximate surface area is 398 Å². The number of nitrogens with one attached hydrogen (secondary N) is 1. The Hall–Kier alpha value is -1.02. The molecule has 0 aliphatic rings. The predicted molar refractivity (Wildman–Crippen MR) is 277 cm³/mol. The summed E-state index contributed by atoms with van der Waals surface area (Å²) in [5, 5.41) is 13.9. The summed E-state index contributed by atoms with van der Waals surface area (Å²) in [5.74, 6) is -0.183. The molecule has 0 aromatic carbocycles. The van der Waals surface area contributed by atoms with Crippen molar-refractivity contribution in [2.24, 2.45) is 0 Å². The molecule has 9 heteroatoms. The fourth-order valence-corrected chi connectivity index (χ4v) is 9.03. The smallest absolute Gasteiger partial charge is 0.387 e. The quantitative estimate of drug-likeness (QED) is 0.0243. The Bertz CT molecular complexity index is 1090. The molecule has 3 atom stereocenters. The van der Waals surface area contributed by atoms with Gasteiger partial charge in [-0.15, -0.1) is 0 Å². The number of likely N-dealkylation sites (N-methyl/N-ethyl adjacent to an activating group) is 1. The molecular weight excluding hydrogens is 816 g/mol. The van der Waals surface area contributed by atoms with E-state index in [4.69, 9.17) is 9.05 Å². The molecule has 0 aliphatic carbocycles. The number of carbonyl (C=O) groups is 1. The van der Waals surface area contributed by atoms with Crippen molar-refractivity contribution in [2.75, 3.05) is 40.9 Å². The minimum Gasteiger partial charge on any atom is -0.387 e. The minimum absolute atomic E-state index is 0.0586. The Balaban J connectivity index is 4.19. The maximum Gasteiger partial charge on any atom is 0.472 e. The summed E-state index contributed by atoms with van der Waals surface area (Å²) in [6.45, 7) is 4.83. The van der Waals surface area contributed by atoms with Gasteiger partial charge in [-0.2, -0.15) is 0 Å². The third-order valence-electron chi connectivity index (χ3n) is 12.7. The van der Waals surface area contributed by atoms with Gasteiger partial charge in [-0.3, -0.25) is 13.8 Å². The Morgan fingerprint density at radius 1 is 0.516 bits per heavy atom. The van der Waals surface area contributed by atoms with Crippen LogP contribution in [0, 0.1) is 0 Å². The number of rotatable bonds is 51. The van der Waals surface area contributed by atoms with Crippen LogP contribution in [0.25, 0.3) is 0 Å². The van der Waals surface area contributed by atoms with Gasteiger partial charge in [-0.25, -0.2) is 4.57 Å². The van der Waals surface area contributed by atoms with Gasteiger partial charge in [-0.05, 0) is 32.1 Å². The molecule has 0 spiro atoms. The highest BCUT2D eigenvalue weighted by Gasteiger charge is 2.27. The SMILES string of the molecule is CCCCCCCCCCCCCCCCCCCCCCCC/C=C/CC/C=C/C(O)C(COP(=O)(O)OCC[N+](C)(C)C)NC(=O)CCCCCCCCCCCCCCCC. The fraction of sp³-hybridized carbons (Fsp3) is 0.909. The van der Waals surface area contributed by atoms with E-state index in [1.54, 1.807) is 6.08 Å². The Morgan fingerprint density at radius 3 is 1.25 bits per heavy atom. The topological polar surface area (TPSA) is 105 Å². The van der Waals surface area contributed by atoms with E-state index in [0.29, 0.717) is 17.4 Å². The van der Waals surface area contributed by atoms with Gasteiger partial charge in [0.05, 0.1) is 39.9 Å². The van der Waals surface area contributed by atoms with Gasteiger partial charge in [0.25, 0.3) is 0 Å². The first-order valence-electron chi connectivity index (χ1n) is 27.7. The molecule has 3 N–H and O–H groups in total. The average Bonchev–Trinajstić information content (AvgIpc) is 3.25. The van der Waals surface area contributed by atoms with E-state index in [1.165, 1.54) is 212 Å². The highest BCUT2D eigenvalue weighted by atomic mass is 31.2. The van der Waals surface area contributed by atoms with E-state index in [2.05, 4.69) is 31.3 Å². The predicted octanol–water partition coefficient (Wildman–Crippen LogP) is 16.4. The van der Waals surface area contributed by atoms with Crippen LogP contribution in [0.5, 0.6) is 0 Å². The number of phosphoric acid groups is 1. The maximum absolute atomic E-state index is 12.9. The van der Waals surface area contributed by atoms with Crippen LogP contribution in [-0.2, 0) is 18.4 Å². The number of hydrogen-bond donors (Lipinski definition) is 3. The lowest BCUT2D eigenvalue weighted by molar-refractivity contribution is -0.870. The number of aliphatic hydroxyl groups is 1. The average molecular weight is 926 g/mol. The number of amides is 1. The van der Waals surface area contributed by atoms with E-state index >= 15 is 0 Å². The van der Waals surface area contributed by atoms with Gasteiger partial charge in [0, 0.05) is 6.42 Å². The van der Waals surface area contributed by atoms with Crippen molar-refractivity contribution in [3.63, 3.8) is 0 Å². The summed E-state index contributed by atoms with van der Waals surface area (Å²) in [6, 6.07) is -0.859. The number of aliphatic hydroxyl groups excluding tert-OH is 1. The van der Waals surface area contributed by atoms with Crippen LogP contribution in [-0.4, -0.2) is 73.4 Å². The molecule has 0 radical (unpaired) electrons. The van der Waals surface area contributed by atoms with Gasteiger partial charge >= 0.3 is 7.82 Å². The molecular formula is C55H110N2O6P+. The van der Waals surface area contributed by atoms with E-state index in [1.807, 2.05) is 27.2 Å². The van der Waals surface area contributed by atoms with Crippen molar-refractivity contribution in [1.82, 2.24) is 5.32 Å². The molecule has 3 unspecified atom stereocenters. The number of hydrogen-bond acceptors (Lipinski definition) is 5. The molecule has 0 bridgehead atoms. The first-order chi connectivity index (χ1) is 31.0. The normalized spacial score (nSPS) is 14.2. The number of phosphoric ester groups is 1. The lowest BCUT2D eigenvalue weighted by Crippen LogP contribution is -2.45. The van der Waals surface area contributed by atoms with Gasteiger partial charge < -0.3 is 19.8 Å². The van der Waals surface area contributed by atoms with Gasteiger partial charge in [0.15, 0.2) is 0 Å².